The molecule has 1 aromatic heterocycles. The van der Waals surface area contributed by atoms with Crippen molar-refractivity contribution in [2.45, 2.75) is 46.3 Å². The van der Waals surface area contributed by atoms with Crippen molar-refractivity contribution in [2.75, 3.05) is 25.7 Å². The lowest BCUT2D eigenvalue weighted by atomic mass is 10.1. The second-order valence-corrected chi connectivity index (χ2v) is 8.33. The van der Waals surface area contributed by atoms with E-state index in [-0.39, 0.29) is 18.6 Å². The van der Waals surface area contributed by atoms with Gasteiger partial charge in [0.15, 0.2) is 5.82 Å². The summed E-state index contributed by atoms with van der Waals surface area (Å²) in [4.78, 5) is 22.9. The lowest BCUT2D eigenvalue weighted by molar-refractivity contribution is -0.143. The Labute approximate surface area is 205 Å². The number of ether oxygens (including phenoxy) is 3. The Balaban J connectivity index is 1.81. The first-order chi connectivity index (χ1) is 16.8. The third kappa shape index (κ3) is 6.91. The third-order valence-corrected chi connectivity index (χ3v) is 5.55. The molecule has 0 radical (unpaired) electrons. The predicted molar refractivity (Wildman–Crippen MR) is 133 cm³/mol. The maximum atomic E-state index is 14.7. The summed E-state index contributed by atoms with van der Waals surface area (Å²) in [5.41, 5.74) is 2.34. The van der Waals surface area contributed by atoms with Crippen LogP contribution in [0.5, 0.6) is 11.5 Å². The van der Waals surface area contributed by atoms with E-state index in [1.807, 2.05) is 50.1 Å². The zero-order chi connectivity index (χ0) is 25.4. The van der Waals surface area contributed by atoms with E-state index in [9.17, 15) is 9.18 Å². The first kappa shape index (κ1) is 25.9. The molecule has 0 fully saturated rings. The summed E-state index contributed by atoms with van der Waals surface area (Å²) in [6, 6.07) is 12.2. The molecule has 1 heterocycles. The Kier molecular flexibility index (Phi) is 9.00. The van der Waals surface area contributed by atoms with E-state index in [1.165, 1.54) is 13.2 Å². The van der Waals surface area contributed by atoms with Gasteiger partial charge in [-0.15, -0.1) is 0 Å². The summed E-state index contributed by atoms with van der Waals surface area (Å²) in [6.45, 7) is 6.41. The lowest BCUT2D eigenvalue weighted by Gasteiger charge is -2.25. The van der Waals surface area contributed by atoms with Gasteiger partial charge >= 0.3 is 5.97 Å². The number of aromatic nitrogens is 2. The number of rotatable bonds is 11. The van der Waals surface area contributed by atoms with Crippen molar-refractivity contribution in [1.82, 2.24) is 9.97 Å². The van der Waals surface area contributed by atoms with Gasteiger partial charge in [-0.05, 0) is 63.1 Å². The van der Waals surface area contributed by atoms with Crippen LogP contribution in [0.1, 0.15) is 38.4 Å². The number of halogens is 1. The highest BCUT2D eigenvalue weighted by Gasteiger charge is 2.19. The minimum atomic E-state index is -0.401. The predicted octanol–water partition coefficient (Wildman–Crippen LogP) is 5.21. The lowest BCUT2D eigenvalue weighted by Crippen LogP contribution is -2.28. The number of carbonyl (C=O) groups is 1. The average molecular weight is 482 g/mol. The largest absolute Gasteiger partial charge is 0.497 e. The van der Waals surface area contributed by atoms with Crippen LogP contribution in [0.2, 0.25) is 0 Å². The van der Waals surface area contributed by atoms with Gasteiger partial charge in [-0.1, -0.05) is 12.1 Å². The van der Waals surface area contributed by atoms with E-state index in [2.05, 4.69) is 4.98 Å². The van der Waals surface area contributed by atoms with Gasteiger partial charge in [-0.3, -0.25) is 9.78 Å². The summed E-state index contributed by atoms with van der Waals surface area (Å²) in [5.74, 6) is 1.13. The van der Waals surface area contributed by atoms with Crippen LogP contribution in [0.15, 0.2) is 48.7 Å². The van der Waals surface area contributed by atoms with Crippen LogP contribution < -0.4 is 14.4 Å². The fraction of sp³-hybridized carbons (Fsp3) is 0.370. The second-order valence-electron chi connectivity index (χ2n) is 8.33. The maximum absolute atomic E-state index is 14.7. The molecule has 8 heteroatoms. The van der Waals surface area contributed by atoms with Gasteiger partial charge in [0.2, 0.25) is 0 Å². The normalized spacial score (nSPS) is 10.8. The number of methoxy groups -OCH3 is 1. The highest BCUT2D eigenvalue weighted by molar-refractivity contribution is 5.73. The first-order valence-corrected chi connectivity index (χ1v) is 11.6. The summed E-state index contributed by atoms with van der Waals surface area (Å²) < 4.78 is 30.9. The van der Waals surface area contributed by atoms with Gasteiger partial charge in [0, 0.05) is 25.1 Å². The van der Waals surface area contributed by atoms with Gasteiger partial charge < -0.3 is 19.1 Å². The SMILES string of the molecule is CCOC(=O)CCc1cccc(OCc2cnc(-c3cc(OC)ccc3F)c(N(C)C(C)C)n2)c1. The molecule has 0 spiro atoms. The maximum Gasteiger partial charge on any atom is 0.306 e. The van der Waals surface area contributed by atoms with E-state index in [0.29, 0.717) is 53.7 Å². The number of nitrogens with zero attached hydrogens (tertiary/aromatic N) is 3. The van der Waals surface area contributed by atoms with Crippen molar-refractivity contribution >= 4 is 11.8 Å². The minimum Gasteiger partial charge on any atom is -0.497 e. The highest BCUT2D eigenvalue weighted by atomic mass is 19.1. The Morgan fingerprint density at radius 2 is 1.94 bits per heavy atom. The monoisotopic (exact) mass is 481 g/mol. The molecule has 35 heavy (non-hydrogen) atoms. The van der Waals surface area contributed by atoms with Crippen LogP contribution in [0.25, 0.3) is 11.3 Å². The van der Waals surface area contributed by atoms with Crippen molar-refractivity contribution in [2.24, 2.45) is 0 Å². The molecule has 0 saturated heterocycles. The van der Waals surface area contributed by atoms with Crippen molar-refractivity contribution in [1.29, 1.82) is 0 Å². The van der Waals surface area contributed by atoms with Crippen molar-refractivity contribution in [3.05, 3.63) is 65.7 Å². The van der Waals surface area contributed by atoms with E-state index >= 15 is 0 Å². The van der Waals surface area contributed by atoms with Gasteiger partial charge in [-0.25, -0.2) is 9.37 Å². The molecule has 186 valence electrons. The smallest absolute Gasteiger partial charge is 0.306 e. The molecule has 0 aliphatic heterocycles. The average Bonchev–Trinajstić information content (AvgIpc) is 2.86. The standard InChI is InChI=1S/C27H32FN3O4/c1-6-34-25(32)13-10-19-8-7-9-22(14-19)35-17-20-16-29-26(27(30-20)31(4)18(2)3)23-15-21(33-5)11-12-24(23)28/h7-9,11-12,14-16,18H,6,10,13,17H2,1-5H3. The fourth-order valence-corrected chi connectivity index (χ4v) is 3.41. The van der Waals surface area contributed by atoms with Crippen molar-refractivity contribution < 1.29 is 23.4 Å². The quantitative estimate of drug-likeness (QED) is 0.348. The number of hydrogen-bond acceptors (Lipinski definition) is 7. The van der Waals surface area contributed by atoms with Gasteiger partial charge in [0.1, 0.15) is 29.6 Å². The topological polar surface area (TPSA) is 73.8 Å². The van der Waals surface area contributed by atoms with Crippen LogP contribution in [0.4, 0.5) is 10.2 Å². The number of carbonyl (C=O) groups excluding carboxylic acids is 1. The Hall–Kier alpha value is -3.68. The second kappa shape index (κ2) is 12.1. The molecular formula is C27H32FN3O4. The van der Waals surface area contributed by atoms with E-state index in [0.717, 1.165) is 5.56 Å². The molecule has 7 nitrogen and oxygen atoms in total. The van der Waals surface area contributed by atoms with Crippen LogP contribution >= 0.6 is 0 Å². The summed E-state index contributed by atoms with van der Waals surface area (Å²) in [7, 11) is 3.43. The molecule has 3 rings (SSSR count). The molecule has 0 bridgehead atoms. The Morgan fingerprint density at radius 1 is 1.14 bits per heavy atom. The Bertz CT molecular complexity index is 1150. The molecule has 0 atom stereocenters. The van der Waals surface area contributed by atoms with Crippen LogP contribution in [0.3, 0.4) is 0 Å². The fourth-order valence-electron chi connectivity index (χ4n) is 3.41. The number of benzene rings is 2. The van der Waals surface area contributed by atoms with E-state index in [4.69, 9.17) is 19.2 Å². The van der Waals surface area contributed by atoms with Crippen LogP contribution in [-0.4, -0.2) is 42.7 Å². The van der Waals surface area contributed by atoms with Crippen LogP contribution in [0, 0.1) is 5.82 Å². The summed E-state index contributed by atoms with van der Waals surface area (Å²) in [6.07, 6.45) is 2.48. The number of hydrogen-bond donors (Lipinski definition) is 0. The number of anilines is 1. The summed E-state index contributed by atoms with van der Waals surface area (Å²) in [5, 5.41) is 0. The first-order valence-electron chi connectivity index (χ1n) is 11.6. The molecule has 0 amide bonds. The van der Waals surface area contributed by atoms with E-state index < -0.39 is 5.82 Å². The molecule has 0 N–H and O–H groups in total. The molecule has 2 aromatic carbocycles. The van der Waals surface area contributed by atoms with Gasteiger partial charge in [0.05, 0.1) is 25.6 Å². The van der Waals surface area contributed by atoms with Crippen LogP contribution in [-0.2, 0) is 22.6 Å². The molecule has 3 aromatic rings. The molecule has 0 aliphatic carbocycles. The van der Waals surface area contributed by atoms with Crippen molar-refractivity contribution in [3.63, 3.8) is 0 Å². The molecule has 0 unspecified atom stereocenters. The molecule has 0 saturated carbocycles. The third-order valence-electron chi connectivity index (χ3n) is 5.55. The van der Waals surface area contributed by atoms with Crippen molar-refractivity contribution in [3.8, 4) is 22.8 Å². The summed E-state index contributed by atoms with van der Waals surface area (Å²) >= 11 is 0. The zero-order valence-corrected chi connectivity index (χ0v) is 20.9. The van der Waals surface area contributed by atoms with Gasteiger partial charge in [0.25, 0.3) is 0 Å². The van der Waals surface area contributed by atoms with Gasteiger partial charge in [-0.2, -0.15) is 0 Å². The zero-order valence-electron chi connectivity index (χ0n) is 20.9. The van der Waals surface area contributed by atoms with E-state index in [1.54, 1.807) is 25.3 Å². The highest BCUT2D eigenvalue weighted by Crippen LogP contribution is 2.32. The number of aryl methyl sites for hydroxylation is 1. The molecular weight excluding hydrogens is 449 g/mol. The molecule has 0 aliphatic rings. The minimum absolute atomic E-state index is 0.115. The Morgan fingerprint density at radius 3 is 2.66 bits per heavy atom. The number of esters is 1.